The maximum atomic E-state index is 12.5. The molecular formula is C19H23NO3. The molecule has 0 fully saturated rings. The predicted octanol–water partition coefficient (Wildman–Crippen LogP) is 4.09. The molecule has 0 saturated carbocycles. The maximum Gasteiger partial charge on any atom is 0.170 e. The number of ether oxygens (including phenoxy) is 2. The van der Waals surface area contributed by atoms with Crippen LogP contribution in [0, 0.1) is 5.41 Å². The summed E-state index contributed by atoms with van der Waals surface area (Å²) in [7, 11) is 1.55. The standard InChI is InChI=1S/C19H23NO3/c1-19(2,3)18(21)14-10-17(16(22-4)11-15(14)20)23-12-13-8-6-5-7-9-13/h5-11H,12,20H2,1-4H3. The zero-order valence-corrected chi connectivity index (χ0v) is 14.1. The fraction of sp³-hybridized carbons (Fsp3) is 0.316. The monoisotopic (exact) mass is 313 g/mol. The van der Waals surface area contributed by atoms with Crippen molar-refractivity contribution in [1.82, 2.24) is 0 Å². The first-order valence-corrected chi connectivity index (χ1v) is 7.52. The van der Waals surface area contributed by atoms with E-state index in [9.17, 15) is 4.79 Å². The summed E-state index contributed by atoms with van der Waals surface area (Å²) in [5.41, 5.74) is 7.39. The molecule has 2 rings (SSSR count). The van der Waals surface area contributed by atoms with Crippen molar-refractivity contribution in [3.05, 3.63) is 53.6 Å². The van der Waals surface area contributed by atoms with E-state index in [4.69, 9.17) is 15.2 Å². The van der Waals surface area contributed by atoms with Crippen molar-refractivity contribution in [3.8, 4) is 11.5 Å². The number of rotatable bonds is 5. The third-order valence-electron chi connectivity index (χ3n) is 3.50. The molecule has 4 heteroatoms. The van der Waals surface area contributed by atoms with Crippen LogP contribution in [-0.2, 0) is 6.61 Å². The summed E-state index contributed by atoms with van der Waals surface area (Å²) in [5.74, 6) is 1.00. The highest BCUT2D eigenvalue weighted by Crippen LogP contribution is 2.35. The Bertz CT molecular complexity index is 688. The van der Waals surface area contributed by atoms with Crippen molar-refractivity contribution in [3.63, 3.8) is 0 Å². The highest BCUT2D eigenvalue weighted by Gasteiger charge is 2.26. The Morgan fingerprint density at radius 1 is 1.09 bits per heavy atom. The second-order valence-electron chi connectivity index (χ2n) is 6.44. The van der Waals surface area contributed by atoms with Crippen molar-refractivity contribution >= 4 is 11.5 Å². The molecule has 0 unspecified atom stereocenters. The van der Waals surface area contributed by atoms with E-state index in [1.807, 2.05) is 51.1 Å². The van der Waals surface area contributed by atoms with Crippen molar-refractivity contribution in [2.75, 3.05) is 12.8 Å². The van der Waals surface area contributed by atoms with Gasteiger partial charge >= 0.3 is 0 Å². The fourth-order valence-electron chi connectivity index (χ4n) is 2.18. The summed E-state index contributed by atoms with van der Waals surface area (Å²) in [6.07, 6.45) is 0. The number of nitrogens with two attached hydrogens (primary N) is 1. The zero-order chi connectivity index (χ0) is 17.0. The molecule has 2 aromatic rings. The van der Waals surface area contributed by atoms with E-state index in [2.05, 4.69) is 0 Å². The number of hydrogen-bond donors (Lipinski definition) is 1. The number of benzene rings is 2. The quantitative estimate of drug-likeness (QED) is 0.667. The van der Waals surface area contributed by atoms with Crippen LogP contribution >= 0.6 is 0 Å². The number of nitrogen functional groups attached to an aromatic ring is 1. The van der Waals surface area contributed by atoms with Crippen LogP contribution < -0.4 is 15.2 Å². The van der Waals surface area contributed by atoms with Gasteiger partial charge in [-0.15, -0.1) is 0 Å². The van der Waals surface area contributed by atoms with E-state index >= 15 is 0 Å². The molecule has 0 aliphatic rings. The molecule has 0 atom stereocenters. The lowest BCUT2D eigenvalue weighted by atomic mass is 9.86. The smallest absolute Gasteiger partial charge is 0.170 e. The van der Waals surface area contributed by atoms with Crippen LogP contribution in [0.5, 0.6) is 11.5 Å². The Morgan fingerprint density at radius 3 is 2.30 bits per heavy atom. The van der Waals surface area contributed by atoms with Crippen molar-refractivity contribution in [2.45, 2.75) is 27.4 Å². The summed E-state index contributed by atoms with van der Waals surface area (Å²) in [6.45, 7) is 5.99. The molecular weight excluding hydrogens is 290 g/mol. The minimum absolute atomic E-state index is 0.0257. The summed E-state index contributed by atoms with van der Waals surface area (Å²) in [6, 6.07) is 13.1. The molecule has 0 amide bonds. The van der Waals surface area contributed by atoms with Gasteiger partial charge in [-0.1, -0.05) is 51.1 Å². The first-order valence-electron chi connectivity index (χ1n) is 7.52. The average molecular weight is 313 g/mol. The molecule has 2 N–H and O–H groups in total. The van der Waals surface area contributed by atoms with Gasteiger partial charge in [0.25, 0.3) is 0 Å². The number of carbonyl (C=O) groups excluding carboxylic acids is 1. The van der Waals surface area contributed by atoms with Crippen LogP contribution in [0.2, 0.25) is 0 Å². The number of methoxy groups -OCH3 is 1. The van der Waals surface area contributed by atoms with Gasteiger partial charge in [0.15, 0.2) is 17.3 Å². The van der Waals surface area contributed by atoms with E-state index in [1.165, 1.54) is 0 Å². The van der Waals surface area contributed by atoms with E-state index in [0.29, 0.717) is 29.4 Å². The lowest BCUT2D eigenvalue weighted by Gasteiger charge is -2.20. The van der Waals surface area contributed by atoms with Gasteiger partial charge in [-0.2, -0.15) is 0 Å². The molecule has 0 aliphatic carbocycles. The maximum absolute atomic E-state index is 12.5. The Morgan fingerprint density at radius 2 is 1.74 bits per heavy atom. The van der Waals surface area contributed by atoms with Gasteiger partial charge < -0.3 is 15.2 Å². The number of hydrogen-bond acceptors (Lipinski definition) is 4. The van der Waals surface area contributed by atoms with Crippen LogP contribution in [0.3, 0.4) is 0 Å². The minimum Gasteiger partial charge on any atom is -0.493 e. The van der Waals surface area contributed by atoms with E-state index in [-0.39, 0.29) is 5.78 Å². The molecule has 2 aromatic carbocycles. The summed E-state index contributed by atoms with van der Waals surface area (Å²) >= 11 is 0. The van der Waals surface area contributed by atoms with E-state index < -0.39 is 5.41 Å². The first-order chi connectivity index (χ1) is 10.8. The zero-order valence-electron chi connectivity index (χ0n) is 14.1. The average Bonchev–Trinajstić information content (AvgIpc) is 2.52. The lowest BCUT2D eigenvalue weighted by Crippen LogP contribution is -2.21. The van der Waals surface area contributed by atoms with Gasteiger partial charge in [-0.05, 0) is 11.6 Å². The normalized spacial score (nSPS) is 11.1. The predicted molar refractivity (Wildman–Crippen MR) is 92.0 cm³/mol. The highest BCUT2D eigenvalue weighted by molar-refractivity contribution is 6.04. The minimum atomic E-state index is -0.514. The lowest BCUT2D eigenvalue weighted by molar-refractivity contribution is 0.0858. The second-order valence-corrected chi connectivity index (χ2v) is 6.44. The van der Waals surface area contributed by atoms with Gasteiger partial charge in [-0.3, -0.25) is 4.79 Å². The molecule has 0 heterocycles. The van der Waals surface area contributed by atoms with Crippen LogP contribution in [0.1, 0.15) is 36.7 Å². The third kappa shape index (κ3) is 4.03. The molecule has 0 bridgehead atoms. The van der Waals surface area contributed by atoms with Gasteiger partial charge in [-0.25, -0.2) is 0 Å². The van der Waals surface area contributed by atoms with E-state index in [1.54, 1.807) is 19.2 Å². The van der Waals surface area contributed by atoms with Gasteiger partial charge in [0, 0.05) is 22.7 Å². The summed E-state index contributed by atoms with van der Waals surface area (Å²) in [5, 5.41) is 0. The second kappa shape index (κ2) is 6.73. The first kappa shape index (κ1) is 16.9. The molecule has 0 radical (unpaired) electrons. The number of carbonyl (C=O) groups is 1. The summed E-state index contributed by atoms with van der Waals surface area (Å²) in [4.78, 5) is 12.5. The molecule has 4 nitrogen and oxygen atoms in total. The van der Waals surface area contributed by atoms with Gasteiger partial charge in [0.05, 0.1) is 7.11 Å². The Balaban J connectivity index is 2.32. The molecule has 0 aromatic heterocycles. The van der Waals surface area contributed by atoms with Gasteiger partial charge in [0.2, 0.25) is 0 Å². The van der Waals surface area contributed by atoms with Crippen molar-refractivity contribution in [2.24, 2.45) is 5.41 Å². The molecule has 0 saturated heterocycles. The van der Waals surface area contributed by atoms with Crippen LogP contribution in [0.15, 0.2) is 42.5 Å². The number of ketones is 1. The van der Waals surface area contributed by atoms with E-state index in [0.717, 1.165) is 5.56 Å². The highest BCUT2D eigenvalue weighted by atomic mass is 16.5. The fourth-order valence-corrected chi connectivity index (χ4v) is 2.18. The number of Topliss-reactive ketones (excluding diaryl/α,β-unsaturated/α-hetero) is 1. The number of anilines is 1. The van der Waals surface area contributed by atoms with Crippen LogP contribution in [0.4, 0.5) is 5.69 Å². The van der Waals surface area contributed by atoms with Crippen molar-refractivity contribution < 1.29 is 14.3 Å². The van der Waals surface area contributed by atoms with Gasteiger partial charge in [0.1, 0.15) is 6.61 Å². The molecule has 0 spiro atoms. The Hall–Kier alpha value is -2.49. The van der Waals surface area contributed by atoms with Crippen LogP contribution in [-0.4, -0.2) is 12.9 Å². The van der Waals surface area contributed by atoms with Crippen LogP contribution in [0.25, 0.3) is 0 Å². The molecule has 122 valence electrons. The largest absolute Gasteiger partial charge is 0.493 e. The Labute approximate surface area is 137 Å². The Kier molecular flexibility index (Phi) is 4.94. The topological polar surface area (TPSA) is 61.5 Å². The summed E-state index contributed by atoms with van der Waals surface area (Å²) < 4.78 is 11.2. The molecule has 0 aliphatic heterocycles. The SMILES string of the molecule is COc1cc(N)c(C(=O)C(C)(C)C)cc1OCc1ccccc1. The third-order valence-corrected chi connectivity index (χ3v) is 3.50. The van der Waals surface area contributed by atoms with Crippen molar-refractivity contribution in [1.29, 1.82) is 0 Å². The molecule has 23 heavy (non-hydrogen) atoms.